The van der Waals surface area contributed by atoms with Gasteiger partial charge in [-0.05, 0) is 80.9 Å². The van der Waals surface area contributed by atoms with Crippen LogP contribution in [0.2, 0.25) is 0 Å². The van der Waals surface area contributed by atoms with Crippen molar-refractivity contribution in [2.24, 2.45) is 28.1 Å². The van der Waals surface area contributed by atoms with Crippen LogP contribution in [0.15, 0.2) is 18.2 Å². The van der Waals surface area contributed by atoms with Crippen LogP contribution in [-0.2, 0) is 4.74 Å². The van der Waals surface area contributed by atoms with E-state index in [2.05, 4.69) is 13.8 Å². The lowest BCUT2D eigenvalue weighted by atomic mass is 9.36. The topological polar surface area (TPSA) is 90.2 Å². The summed E-state index contributed by atoms with van der Waals surface area (Å²) in [4.78, 5) is 0. The van der Waals surface area contributed by atoms with Gasteiger partial charge in [-0.3, -0.25) is 0 Å². The van der Waals surface area contributed by atoms with E-state index in [0.717, 1.165) is 38.5 Å². The van der Waals surface area contributed by atoms with Gasteiger partial charge in [0.05, 0.1) is 12.2 Å². The van der Waals surface area contributed by atoms with Crippen molar-refractivity contribution in [3.8, 4) is 11.5 Å². The van der Waals surface area contributed by atoms with Gasteiger partial charge in [0.25, 0.3) is 0 Å². The minimum Gasteiger partial charge on any atom is -0.508 e. The summed E-state index contributed by atoms with van der Waals surface area (Å²) >= 11 is 0. The summed E-state index contributed by atoms with van der Waals surface area (Å²) < 4.78 is 6.04. The quantitative estimate of drug-likeness (QED) is 0.513. The van der Waals surface area contributed by atoms with Crippen molar-refractivity contribution in [2.45, 2.75) is 83.5 Å². The summed E-state index contributed by atoms with van der Waals surface area (Å²) in [5.74, 6) is 0.741. The molecule has 3 saturated carbocycles. The number of phenols is 2. The largest absolute Gasteiger partial charge is 0.508 e. The summed E-state index contributed by atoms with van der Waals surface area (Å²) in [6, 6.07) is 4.67. The molecule has 1 aliphatic heterocycles. The second kappa shape index (κ2) is 6.36. The lowest BCUT2D eigenvalue weighted by Crippen LogP contribution is -2.68. The lowest BCUT2D eigenvalue weighted by molar-refractivity contribution is -0.323. The molecule has 5 heteroatoms. The van der Waals surface area contributed by atoms with E-state index in [9.17, 15) is 20.4 Å². The second-order valence-electron chi connectivity index (χ2n) is 11.5. The highest BCUT2D eigenvalue weighted by Crippen LogP contribution is 2.73. The average Bonchev–Trinajstić information content (AvgIpc) is 2.66. The van der Waals surface area contributed by atoms with Crippen LogP contribution < -0.4 is 0 Å². The Balaban J connectivity index is 1.64. The van der Waals surface area contributed by atoms with E-state index < -0.39 is 11.9 Å². The van der Waals surface area contributed by atoms with Crippen LogP contribution in [0.4, 0.5) is 0 Å². The van der Waals surface area contributed by atoms with Crippen molar-refractivity contribution in [1.82, 2.24) is 0 Å². The molecule has 4 fully saturated rings. The number of ether oxygens (including phenoxy) is 1. The van der Waals surface area contributed by atoms with Gasteiger partial charge in [0.15, 0.2) is 6.29 Å². The molecule has 166 valence electrons. The minimum absolute atomic E-state index is 0.000421. The Morgan fingerprint density at radius 1 is 0.933 bits per heavy atom. The van der Waals surface area contributed by atoms with Crippen molar-refractivity contribution >= 4 is 0 Å². The Kier molecular flexibility index (Phi) is 4.37. The molecule has 2 bridgehead atoms. The minimum atomic E-state index is -0.965. The monoisotopic (exact) mass is 416 g/mol. The SMILES string of the molecule is CC1(O)CCC2C(C)(CCC3[C@]24CCC[C@]3(C)[C@H](O)OC4)C1c1cc(O)ccc1O. The second-order valence-corrected chi connectivity index (χ2v) is 11.5. The highest BCUT2D eigenvalue weighted by molar-refractivity contribution is 5.44. The zero-order valence-electron chi connectivity index (χ0n) is 18.4. The molecule has 3 aliphatic carbocycles. The molecule has 0 spiro atoms. The molecular formula is C25H36O5. The van der Waals surface area contributed by atoms with Crippen molar-refractivity contribution in [3.05, 3.63) is 23.8 Å². The molecule has 0 amide bonds. The molecule has 5 nitrogen and oxygen atoms in total. The highest BCUT2D eigenvalue weighted by Gasteiger charge is 2.69. The molecule has 8 atom stereocenters. The van der Waals surface area contributed by atoms with Gasteiger partial charge < -0.3 is 25.2 Å². The Labute approximate surface area is 179 Å². The van der Waals surface area contributed by atoms with Crippen LogP contribution in [0.25, 0.3) is 0 Å². The van der Waals surface area contributed by atoms with Gasteiger partial charge in [-0.25, -0.2) is 0 Å². The third kappa shape index (κ3) is 2.52. The third-order valence-electron chi connectivity index (χ3n) is 9.93. The van der Waals surface area contributed by atoms with Crippen LogP contribution in [0.1, 0.15) is 77.2 Å². The fourth-order valence-electron chi connectivity index (χ4n) is 8.83. The first kappa shape index (κ1) is 20.6. The maximum Gasteiger partial charge on any atom is 0.160 e. The third-order valence-corrected chi connectivity index (χ3v) is 9.93. The number of hydrogen-bond donors (Lipinski definition) is 4. The van der Waals surface area contributed by atoms with Crippen LogP contribution in [0.5, 0.6) is 11.5 Å². The molecule has 0 radical (unpaired) electrons. The molecule has 1 saturated heterocycles. The van der Waals surface area contributed by atoms with Gasteiger partial charge in [0.2, 0.25) is 0 Å². The molecule has 4 N–H and O–H groups in total. The fraction of sp³-hybridized carbons (Fsp3) is 0.760. The van der Waals surface area contributed by atoms with E-state index in [0.29, 0.717) is 30.4 Å². The Hall–Kier alpha value is -1.30. The number of aliphatic hydroxyl groups excluding tert-OH is 1. The first-order valence-corrected chi connectivity index (χ1v) is 11.6. The molecule has 5 unspecified atom stereocenters. The lowest BCUT2D eigenvalue weighted by Gasteiger charge is -2.70. The normalized spacial score (nSPS) is 50.4. The van der Waals surface area contributed by atoms with Crippen molar-refractivity contribution < 1.29 is 25.2 Å². The van der Waals surface area contributed by atoms with E-state index in [1.165, 1.54) is 12.1 Å². The molecule has 4 aliphatic rings. The Morgan fingerprint density at radius 3 is 2.40 bits per heavy atom. The maximum atomic E-state index is 11.6. The zero-order chi connectivity index (χ0) is 21.5. The van der Waals surface area contributed by atoms with E-state index in [1.54, 1.807) is 6.07 Å². The van der Waals surface area contributed by atoms with Crippen LogP contribution in [0, 0.1) is 28.1 Å². The fourth-order valence-corrected chi connectivity index (χ4v) is 8.83. The van der Waals surface area contributed by atoms with Gasteiger partial charge in [-0.15, -0.1) is 0 Å². The molecular weight excluding hydrogens is 380 g/mol. The smallest absolute Gasteiger partial charge is 0.160 e. The maximum absolute atomic E-state index is 11.6. The summed E-state index contributed by atoms with van der Waals surface area (Å²) in [5.41, 5.74) is -0.751. The number of aromatic hydroxyl groups is 2. The Morgan fingerprint density at radius 2 is 1.63 bits per heavy atom. The van der Waals surface area contributed by atoms with Crippen molar-refractivity contribution in [1.29, 1.82) is 0 Å². The number of aliphatic hydroxyl groups is 2. The number of benzene rings is 1. The summed E-state index contributed by atoms with van der Waals surface area (Å²) in [7, 11) is 0. The average molecular weight is 417 g/mol. The van der Waals surface area contributed by atoms with Crippen molar-refractivity contribution in [2.75, 3.05) is 6.61 Å². The van der Waals surface area contributed by atoms with Crippen molar-refractivity contribution in [3.63, 3.8) is 0 Å². The number of hydrogen-bond acceptors (Lipinski definition) is 5. The standard InChI is InChI=1S/C25H36O5/c1-22-11-7-19-23(2)9-4-10-25(19,14-30-21(23)28)18(22)8-12-24(3,29)20(22)16-13-15(26)5-6-17(16)27/h5-6,13,18-21,26-29H,4,7-12,14H2,1-3H3/t18?,19?,20?,21-,22?,23+,24?,25+/m1/s1. The predicted octanol–water partition coefficient (Wildman–Crippen LogP) is 4.28. The first-order chi connectivity index (χ1) is 14.0. The Bertz CT molecular complexity index is 852. The molecule has 1 aromatic rings. The number of fused-ring (bicyclic) bond motifs is 1. The number of phenolic OH excluding ortho intramolecular Hbond substituents is 2. The zero-order valence-corrected chi connectivity index (χ0v) is 18.4. The number of rotatable bonds is 1. The van der Waals surface area contributed by atoms with E-state index in [4.69, 9.17) is 4.74 Å². The first-order valence-electron chi connectivity index (χ1n) is 11.6. The molecule has 0 aromatic heterocycles. The van der Waals surface area contributed by atoms with Gasteiger partial charge >= 0.3 is 0 Å². The van der Waals surface area contributed by atoms with Crippen LogP contribution in [-0.4, -0.2) is 38.9 Å². The molecule has 1 heterocycles. The van der Waals surface area contributed by atoms with E-state index in [1.807, 2.05) is 6.92 Å². The van der Waals surface area contributed by atoms with Gasteiger partial charge in [-0.2, -0.15) is 0 Å². The summed E-state index contributed by atoms with van der Waals surface area (Å²) in [6.45, 7) is 6.95. The molecule has 30 heavy (non-hydrogen) atoms. The van der Waals surface area contributed by atoms with Gasteiger partial charge in [0, 0.05) is 22.3 Å². The van der Waals surface area contributed by atoms with Crippen LogP contribution in [0.3, 0.4) is 0 Å². The van der Waals surface area contributed by atoms with E-state index in [-0.39, 0.29) is 33.7 Å². The highest BCUT2D eigenvalue weighted by atomic mass is 16.6. The van der Waals surface area contributed by atoms with Gasteiger partial charge in [0.1, 0.15) is 11.5 Å². The molecule has 1 aromatic carbocycles. The predicted molar refractivity (Wildman–Crippen MR) is 113 cm³/mol. The van der Waals surface area contributed by atoms with E-state index >= 15 is 0 Å². The summed E-state index contributed by atoms with van der Waals surface area (Å²) in [5, 5.41) is 43.2. The van der Waals surface area contributed by atoms with Gasteiger partial charge in [-0.1, -0.05) is 20.3 Å². The summed E-state index contributed by atoms with van der Waals surface area (Å²) in [6.07, 6.45) is 6.00. The molecule has 5 rings (SSSR count). The van der Waals surface area contributed by atoms with Crippen LogP contribution >= 0.6 is 0 Å².